The van der Waals surface area contributed by atoms with E-state index in [9.17, 15) is 9.59 Å². The van der Waals surface area contributed by atoms with Crippen LogP contribution in [0.25, 0.3) is 10.8 Å². The lowest BCUT2D eigenvalue weighted by Crippen LogP contribution is -3.15. The topological polar surface area (TPSA) is 102 Å². The molecule has 0 spiro atoms. The van der Waals surface area contributed by atoms with Crippen molar-refractivity contribution in [3.63, 3.8) is 0 Å². The quantitative estimate of drug-likeness (QED) is 0.607. The van der Waals surface area contributed by atoms with Gasteiger partial charge in [0.25, 0.3) is 17.7 Å². The summed E-state index contributed by atoms with van der Waals surface area (Å²) in [6.07, 6.45) is 6.33. The lowest BCUT2D eigenvalue weighted by atomic mass is 9.96. The second-order valence-corrected chi connectivity index (χ2v) is 8.53. The van der Waals surface area contributed by atoms with Gasteiger partial charge in [0.2, 0.25) is 0 Å². The molecule has 1 saturated carbocycles. The van der Waals surface area contributed by atoms with E-state index < -0.39 is 12.1 Å². The minimum atomic E-state index is -0.413. The monoisotopic (exact) mass is 420 g/mol. The number of carbonyl (C=O) groups is 2. The number of nitrogens with zero attached hydrogens (tertiary/aromatic N) is 2. The van der Waals surface area contributed by atoms with Crippen molar-refractivity contribution < 1.29 is 18.9 Å². The zero-order valence-corrected chi connectivity index (χ0v) is 17.9. The van der Waals surface area contributed by atoms with Crippen LogP contribution in [0.1, 0.15) is 58.3 Å². The Balaban J connectivity index is 1.55. The van der Waals surface area contributed by atoms with Gasteiger partial charge in [-0.15, -0.1) is 21.5 Å². The summed E-state index contributed by atoms with van der Waals surface area (Å²) in [5.41, 5.74) is 0. The molecule has 0 radical (unpaired) electrons. The number of aromatic nitrogens is 2. The average Bonchev–Trinajstić information content (AvgIpc) is 3.39. The van der Waals surface area contributed by atoms with Crippen LogP contribution >= 0.6 is 11.3 Å². The number of nitrogens with one attached hydrogen (secondary N) is 3. The first-order valence-electron chi connectivity index (χ1n) is 10.4. The largest absolute Gasteiger partial charge is 0.414 e. The summed E-state index contributed by atoms with van der Waals surface area (Å²) in [5.74, 6) is 0.692. The number of hydrogen-bond donors (Lipinski definition) is 3. The molecule has 1 aliphatic carbocycles. The zero-order chi connectivity index (χ0) is 20.6. The molecule has 3 amide bonds. The van der Waals surface area contributed by atoms with Crippen molar-refractivity contribution in [1.82, 2.24) is 20.8 Å². The van der Waals surface area contributed by atoms with Gasteiger partial charge in [0.05, 0.1) is 11.4 Å². The number of carbonyl (C=O) groups excluding carboxylic acids is 2. The van der Waals surface area contributed by atoms with Gasteiger partial charge in [-0.1, -0.05) is 32.3 Å². The normalized spacial score (nSPS) is 16.9. The van der Waals surface area contributed by atoms with E-state index in [1.807, 2.05) is 24.4 Å². The maximum Gasteiger partial charge on any atom is 0.321 e. The Hall–Kier alpha value is -2.26. The van der Waals surface area contributed by atoms with E-state index in [4.69, 9.17) is 4.42 Å². The highest BCUT2D eigenvalue weighted by atomic mass is 32.1. The number of rotatable bonds is 8. The Morgan fingerprint density at radius 1 is 1.31 bits per heavy atom. The maximum absolute atomic E-state index is 12.6. The number of hydrogen-bond acceptors (Lipinski definition) is 6. The fourth-order valence-electron chi connectivity index (χ4n) is 3.67. The van der Waals surface area contributed by atoms with Crippen molar-refractivity contribution in [2.24, 2.45) is 0 Å². The number of quaternary nitrogens is 1. The highest BCUT2D eigenvalue weighted by Gasteiger charge is 2.28. The summed E-state index contributed by atoms with van der Waals surface area (Å²) in [6.45, 7) is 5.08. The van der Waals surface area contributed by atoms with Crippen molar-refractivity contribution in [3.8, 4) is 10.8 Å². The Labute approximate surface area is 175 Å². The molecular weight excluding hydrogens is 390 g/mol. The highest BCUT2D eigenvalue weighted by Crippen LogP contribution is 2.22. The molecule has 3 N–H and O–H groups in total. The molecule has 0 aromatic carbocycles. The average molecular weight is 421 g/mol. The van der Waals surface area contributed by atoms with Crippen molar-refractivity contribution in [2.45, 2.75) is 71.0 Å². The van der Waals surface area contributed by atoms with Gasteiger partial charge >= 0.3 is 6.03 Å². The van der Waals surface area contributed by atoms with Gasteiger partial charge in [-0.05, 0) is 37.6 Å². The molecule has 2 atom stereocenters. The van der Waals surface area contributed by atoms with Crippen LogP contribution in [0.3, 0.4) is 0 Å². The second-order valence-electron chi connectivity index (χ2n) is 7.58. The van der Waals surface area contributed by atoms with E-state index in [0.717, 1.165) is 48.4 Å². The molecule has 158 valence electrons. The molecular formula is C20H30N5O3S+. The van der Waals surface area contributed by atoms with Crippen LogP contribution in [-0.4, -0.2) is 40.8 Å². The molecule has 29 heavy (non-hydrogen) atoms. The second kappa shape index (κ2) is 10.5. The van der Waals surface area contributed by atoms with Crippen LogP contribution in [0.5, 0.6) is 0 Å². The molecule has 0 saturated heterocycles. The predicted molar refractivity (Wildman–Crippen MR) is 110 cm³/mol. The van der Waals surface area contributed by atoms with Crippen LogP contribution in [0.4, 0.5) is 4.79 Å². The highest BCUT2D eigenvalue weighted by molar-refractivity contribution is 7.13. The number of imide groups is 1. The molecule has 2 aromatic heterocycles. The third kappa shape index (κ3) is 6.11. The lowest BCUT2D eigenvalue weighted by Gasteiger charge is -2.25. The summed E-state index contributed by atoms with van der Waals surface area (Å²) in [5, 5.41) is 15.6. The predicted octanol–water partition coefficient (Wildman–Crippen LogP) is 2.14. The number of urea groups is 1. The third-order valence-corrected chi connectivity index (χ3v) is 6.19. The summed E-state index contributed by atoms with van der Waals surface area (Å²) in [6, 6.07) is 3.22. The van der Waals surface area contributed by atoms with Gasteiger partial charge in [-0.25, -0.2) is 4.79 Å². The van der Waals surface area contributed by atoms with Crippen LogP contribution in [0.2, 0.25) is 0 Å². The van der Waals surface area contributed by atoms with Gasteiger partial charge in [0.1, 0.15) is 0 Å². The minimum absolute atomic E-state index is 0.167. The van der Waals surface area contributed by atoms with Gasteiger partial charge in [0, 0.05) is 6.04 Å². The van der Waals surface area contributed by atoms with Crippen LogP contribution in [0.15, 0.2) is 21.9 Å². The van der Waals surface area contributed by atoms with Crippen molar-refractivity contribution in [2.75, 3.05) is 6.54 Å². The Morgan fingerprint density at radius 3 is 2.79 bits per heavy atom. The van der Waals surface area contributed by atoms with E-state index in [2.05, 4.69) is 27.8 Å². The first-order chi connectivity index (χ1) is 14.1. The van der Waals surface area contributed by atoms with Gasteiger partial charge < -0.3 is 14.6 Å². The van der Waals surface area contributed by atoms with Crippen LogP contribution in [0, 0.1) is 0 Å². The van der Waals surface area contributed by atoms with E-state index in [1.54, 1.807) is 0 Å². The lowest BCUT2D eigenvalue weighted by molar-refractivity contribution is -0.929. The molecule has 0 aliphatic heterocycles. The van der Waals surface area contributed by atoms with E-state index in [1.165, 1.54) is 17.8 Å². The summed E-state index contributed by atoms with van der Waals surface area (Å²) >= 11 is 1.54. The smallest absolute Gasteiger partial charge is 0.321 e. The SMILES string of the molecule is CCC[NH+](Cc1nnc(-c2cccs2)o1)[C@@H](C)C(=O)NC(=O)NC1CCCCC1. The van der Waals surface area contributed by atoms with Gasteiger partial charge in [0.15, 0.2) is 12.6 Å². The van der Waals surface area contributed by atoms with Gasteiger partial charge in [-0.3, -0.25) is 10.1 Å². The van der Waals surface area contributed by atoms with Crippen LogP contribution in [-0.2, 0) is 11.3 Å². The molecule has 1 fully saturated rings. The number of thiophene rings is 1. The molecule has 3 rings (SSSR count). The maximum atomic E-state index is 12.6. The van der Waals surface area contributed by atoms with E-state index in [-0.39, 0.29) is 11.9 Å². The molecule has 2 heterocycles. The fourth-order valence-corrected chi connectivity index (χ4v) is 4.32. The Morgan fingerprint density at radius 2 is 2.10 bits per heavy atom. The first kappa shape index (κ1) is 21.4. The zero-order valence-electron chi connectivity index (χ0n) is 17.1. The fraction of sp³-hybridized carbons (Fsp3) is 0.600. The first-order valence-corrected chi connectivity index (χ1v) is 11.3. The Bertz CT molecular complexity index is 786. The van der Waals surface area contributed by atoms with E-state index in [0.29, 0.717) is 18.3 Å². The minimum Gasteiger partial charge on any atom is -0.414 e. The van der Waals surface area contributed by atoms with Crippen molar-refractivity contribution in [3.05, 3.63) is 23.4 Å². The van der Waals surface area contributed by atoms with Crippen LogP contribution < -0.4 is 15.5 Å². The summed E-state index contributed by atoms with van der Waals surface area (Å²) in [4.78, 5) is 26.7. The number of amides is 3. The standard InChI is InChI=1S/C20H29N5O3S/c1-3-11-25(13-17-23-24-19(28-17)16-10-7-12-29-16)14(2)18(26)22-20(27)21-15-8-5-4-6-9-15/h7,10,12,14-15H,3-6,8-9,11,13H2,1-2H3,(H2,21,22,26,27)/p+1/t14-/m0/s1. The van der Waals surface area contributed by atoms with Crippen molar-refractivity contribution in [1.29, 1.82) is 0 Å². The molecule has 0 bridgehead atoms. The molecule has 9 heteroatoms. The molecule has 2 aromatic rings. The van der Waals surface area contributed by atoms with Crippen molar-refractivity contribution >= 4 is 23.3 Å². The summed E-state index contributed by atoms with van der Waals surface area (Å²) in [7, 11) is 0. The molecule has 1 aliphatic rings. The summed E-state index contributed by atoms with van der Waals surface area (Å²) < 4.78 is 5.77. The van der Waals surface area contributed by atoms with Gasteiger partial charge in [-0.2, -0.15) is 0 Å². The van der Waals surface area contributed by atoms with E-state index >= 15 is 0 Å². The Kier molecular flexibility index (Phi) is 7.76. The molecule has 8 nitrogen and oxygen atoms in total. The third-order valence-electron chi connectivity index (χ3n) is 5.33. The molecule has 1 unspecified atom stereocenters.